The maximum Gasteiger partial charge on any atom is 0.191 e. The minimum Gasteiger partial charge on any atom is -0.356 e. The molecule has 6 heteroatoms. The molecule has 0 spiro atoms. The smallest absolute Gasteiger partial charge is 0.191 e. The first-order valence-electron chi connectivity index (χ1n) is 8.32. The summed E-state index contributed by atoms with van der Waals surface area (Å²) in [7, 11) is 1.81. The second-order valence-electron chi connectivity index (χ2n) is 6.21. The Balaban J connectivity index is 0.00000225. The number of nitrogens with zero attached hydrogens (tertiary/aromatic N) is 2. The normalized spacial score (nSPS) is 15.2. The molecule has 25 heavy (non-hydrogen) atoms. The van der Waals surface area contributed by atoms with Crippen LogP contribution in [0.25, 0.3) is 0 Å². The number of nitrogens with one attached hydrogen (secondary N) is 2. The summed E-state index contributed by atoms with van der Waals surface area (Å²) in [5.74, 6) is 0.854. The van der Waals surface area contributed by atoms with Crippen LogP contribution < -0.4 is 10.6 Å². The van der Waals surface area contributed by atoms with Gasteiger partial charge >= 0.3 is 0 Å². The van der Waals surface area contributed by atoms with E-state index in [0.717, 1.165) is 35.6 Å². The average Bonchev–Trinajstić information content (AvgIpc) is 3.40. The number of pyridine rings is 1. The predicted octanol–water partition coefficient (Wildman–Crippen LogP) is 3.90. The Kier molecular flexibility index (Phi) is 7.68. The fraction of sp³-hybridized carbons (Fsp3) is 0.368. The quantitative estimate of drug-likeness (QED) is 0.349. The van der Waals surface area contributed by atoms with Gasteiger partial charge in [-0.15, -0.1) is 24.0 Å². The Morgan fingerprint density at radius 2 is 2.04 bits per heavy atom. The lowest BCUT2D eigenvalue weighted by Crippen LogP contribution is -2.42. The number of benzene rings is 1. The van der Waals surface area contributed by atoms with Crippen molar-refractivity contribution in [3.05, 3.63) is 64.4 Å². The SMILES string of the molecule is CN=C(NCCc1ccccn1)NCC1(c2cccc(Br)c2)CC1.I. The molecule has 2 N–H and O–H groups in total. The van der Waals surface area contributed by atoms with Gasteiger partial charge in [-0.1, -0.05) is 34.1 Å². The summed E-state index contributed by atoms with van der Waals surface area (Å²) >= 11 is 3.57. The minimum atomic E-state index is 0. The van der Waals surface area contributed by atoms with Gasteiger partial charge < -0.3 is 10.6 Å². The van der Waals surface area contributed by atoms with Gasteiger partial charge in [0.05, 0.1) is 0 Å². The van der Waals surface area contributed by atoms with Crippen molar-refractivity contribution in [3.8, 4) is 0 Å². The number of aromatic nitrogens is 1. The maximum absolute atomic E-state index is 4.34. The van der Waals surface area contributed by atoms with Gasteiger partial charge in [0.15, 0.2) is 5.96 Å². The van der Waals surface area contributed by atoms with Crippen LogP contribution in [0.3, 0.4) is 0 Å². The molecule has 0 unspecified atom stereocenters. The Bertz CT molecular complexity index is 702. The zero-order chi connectivity index (χ0) is 16.8. The Hall–Kier alpha value is -1.15. The van der Waals surface area contributed by atoms with Gasteiger partial charge in [-0.05, 0) is 42.7 Å². The molecule has 0 radical (unpaired) electrons. The van der Waals surface area contributed by atoms with Crippen molar-refractivity contribution in [2.45, 2.75) is 24.7 Å². The summed E-state index contributed by atoms with van der Waals surface area (Å²) in [5, 5.41) is 6.85. The molecule has 0 amide bonds. The molecular weight excluding hydrogens is 491 g/mol. The summed E-state index contributed by atoms with van der Waals surface area (Å²) in [6.45, 7) is 1.73. The summed E-state index contributed by atoms with van der Waals surface area (Å²) in [4.78, 5) is 8.67. The van der Waals surface area contributed by atoms with Crippen LogP contribution in [0, 0.1) is 0 Å². The van der Waals surface area contributed by atoms with Crippen LogP contribution in [-0.4, -0.2) is 31.1 Å². The fourth-order valence-electron chi connectivity index (χ4n) is 2.87. The number of rotatable bonds is 6. The van der Waals surface area contributed by atoms with Crippen LogP contribution in [0.5, 0.6) is 0 Å². The van der Waals surface area contributed by atoms with E-state index in [9.17, 15) is 0 Å². The van der Waals surface area contributed by atoms with Crippen molar-refractivity contribution in [1.82, 2.24) is 15.6 Å². The zero-order valence-electron chi connectivity index (χ0n) is 14.3. The van der Waals surface area contributed by atoms with E-state index >= 15 is 0 Å². The van der Waals surface area contributed by atoms with Crippen LogP contribution in [-0.2, 0) is 11.8 Å². The maximum atomic E-state index is 4.34. The van der Waals surface area contributed by atoms with Gasteiger partial charge in [-0.2, -0.15) is 0 Å². The van der Waals surface area contributed by atoms with Gasteiger partial charge in [0.25, 0.3) is 0 Å². The summed E-state index contributed by atoms with van der Waals surface area (Å²) < 4.78 is 1.14. The average molecular weight is 515 g/mol. The third kappa shape index (κ3) is 5.67. The van der Waals surface area contributed by atoms with E-state index in [1.807, 2.05) is 31.4 Å². The third-order valence-electron chi connectivity index (χ3n) is 4.51. The van der Waals surface area contributed by atoms with Crippen molar-refractivity contribution >= 4 is 45.9 Å². The van der Waals surface area contributed by atoms with Crippen LogP contribution in [0.4, 0.5) is 0 Å². The van der Waals surface area contributed by atoms with E-state index in [0.29, 0.717) is 0 Å². The van der Waals surface area contributed by atoms with Crippen molar-refractivity contribution in [2.75, 3.05) is 20.1 Å². The first kappa shape index (κ1) is 20.2. The third-order valence-corrected chi connectivity index (χ3v) is 5.00. The van der Waals surface area contributed by atoms with E-state index in [4.69, 9.17) is 0 Å². The summed E-state index contributed by atoms with van der Waals surface area (Å²) in [6, 6.07) is 14.6. The summed E-state index contributed by atoms with van der Waals surface area (Å²) in [6.07, 6.45) is 5.17. The van der Waals surface area contributed by atoms with Crippen molar-refractivity contribution in [1.29, 1.82) is 0 Å². The number of guanidine groups is 1. The number of halogens is 2. The molecule has 1 aliphatic rings. The molecule has 0 atom stereocenters. The molecular formula is C19H24BrIN4. The van der Waals surface area contributed by atoms with Crippen LogP contribution in [0.2, 0.25) is 0 Å². The highest BCUT2D eigenvalue weighted by Crippen LogP contribution is 2.48. The Morgan fingerprint density at radius 1 is 1.20 bits per heavy atom. The van der Waals surface area contributed by atoms with Crippen molar-refractivity contribution in [3.63, 3.8) is 0 Å². The molecule has 1 aliphatic carbocycles. The molecule has 2 aromatic rings. The monoisotopic (exact) mass is 514 g/mol. The molecule has 1 saturated carbocycles. The molecule has 4 nitrogen and oxygen atoms in total. The molecule has 1 aromatic heterocycles. The number of aliphatic imine (C=N–C) groups is 1. The Labute approximate surface area is 175 Å². The minimum absolute atomic E-state index is 0. The van der Waals surface area contributed by atoms with Crippen molar-refractivity contribution < 1.29 is 0 Å². The largest absolute Gasteiger partial charge is 0.356 e. The molecule has 0 aliphatic heterocycles. The molecule has 1 fully saturated rings. The van der Waals surface area contributed by atoms with Gasteiger partial charge in [0, 0.05) is 48.3 Å². The standard InChI is InChI=1S/C19H23BrN4.HI/c1-21-18(23-12-8-17-7-2-3-11-22-17)24-14-19(9-10-19)15-5-4-6-16(20)13-15;/h2-7,11,13H,8-10,12,14H2,1H3,(H2,21,23,24);1H. The molecule has 1 heterocycles. The molecule has 0 bridgehead atoms. The molecule has 3 rings (SSSR count). The fourth-order valence-corrected chi connectivity index (χ4v) is 3.26. The Morgan fingerprint density at radius 3 is 2.68 bits per heavy atom. The highest BCUT2D eigenvalue weighted by atomic mass is 127. The first-order chi connectivity index (χ1) is 11.7. The molecule has 0 saturated heterocycles. The predicted molar refractivity (Wildman–Crippen MR) is 118 cm³/mol. The van der Waals surface area contributed by atoms with E-state index in [1.54, 1.807) is 0 Å². The van der Waals surface area contributed by atoms with E-state index in [2.05, 4.69) is 60.8 Å². The van der Waals surface area contributed by atoms with E-state index in [1.165, 1.54) is 18.4 Å². The topological polar surface area (TPSA) is 49.3 Å². The van der Waals surface area contributed by atoms with Crippen LogP contribution in [0.1, 0.15) is 24.1 Å². The van der Waals surface area contributed by atoms with E-state index in [-0.39, 0.29) is 29.4 Å². The summed E-state index contributed by atoms with van der Waals surface area (Å²) in [5.41, 5.74) is 2.74. The van der Waals surface area contributed by atoms with Crippen LogP contribution >= 0.6 is 39.9 Å². The lowest BCUT2D eigenvalue weighted by Gasteiger charge is -2.19. The van der Waals surface area contributed by atoms with Gasteiger partial charge in [-0.25, -0.2) is 0 Å². The van der Waals surface area contributed by atoms with E-state index < -0.39 is 0 Å². The highest BCUT2D eigenvalue weighted by Gasteiger charge is 2.44. The van der Waals surface area contributed by atoms with Crippen molar-refractivity contribution in [2.24, 2.45) is 4.99 Å². The second kappa shape index (κ2) is 9.52. The lowest BCUT2D eigenvalue weighted by molar-refractivity contribution is 0.644. The highest BCUT2D eigenvalue weighted by molar-refractivity contribution is 14.0. The zero-order valence-corrected chi connectivity index (χ0v) is 18.3. The van der Waals surface area contributed by atoms with Gasteiger partial charge in [-0.3, -0.25) is 9.98 Å². The molecule has 134 valence electrons. The van der Waals surface area contributed by atoms with Crippen LogP contribution in [0.15, 0.2) is 58.1 Å². The first-order valence-corrected chi connectivity index (χ1v) is 9.12. The molecule has 1 aromatic carbocycles. The second-order valence-corrected chi connectivity index (χ2v) is 7.13. The number of hydrogen-bond donors (Lipinski definition) is 2. The lowest BCUT2D eigenvalue weighted by atomic mass is 9.96. The number of hydrogen-bond acceptors (Lipinski definition) is 2. The van der Waals surface area contributed by atoms with Gasteiger partial charge in [0.1, 0.15) is 0 Å². The van der Waals surface area contributed by atoms with Gasteiger partial charge in [0.2, 0.25) is 0 Å².